The van der Waals surface area contributed by atoms with Crippen LogP contribution in [0.25, 0.3) is 6.08 Å². The molecule has 0 unspecified atom stereocenters. The molecule has 0 bridgehead atoms. The minimum absolute atomic E-state index is 0.0616. The van der Waals surface area contributed by atoms with Gasteiger partial charge in [-0.15, -0.1) is 0 Å². The minimum atomic E-state index is -0.0616. The summed E-state index contributed by atoms with van der Waals surface area (Å²) in [7, 11) is 0. The average molecular weight is 238 g/mol. The van der Waals surface area contributed by atoms with Crippen LogP contribution in [0, 0.1) is 0 Å². The Morgan fingerprint density at radius 3 is 3.00 bits per heavy atom. The fourth-order valence-electron chi connectivity index (χ4n) is 1.23. The summed E-state index contributed by atoms with van der Waals surface area (Å²) in [5.41, 5.74) is 0.929. The van der Waals surface area contributed by atoms with Crippen molar-refractivity contribution in [3.8, 4) is 0 Å². The standard InChI is InChI=1S/C13H16ClNO/c1-2-3-9-15-13(16)8-7-11-5-4-6-12(14)10-11/h4-8,10H,2-3,9H2,1H3,(H,15,16). The maximum atomic E-state index is 11.3. The number of amides is 1. The molecule has 3 heteroatoms. The van der Waals surface area contributed by atoms with Crippen LogP contribution in [0.15, 0.2) is 30.3 Å². The Balaban J connectivity index is 2.44. The number of unbranched alkanes of at least 4 members (excludes halogenated alkanes) is 1. The molecule has 0 atom stereocenters. The molecule has 0 aliphatic rings. The molecule has 0 radical (unpaired) electrons. The smallest absolute Gasteiger partial charge is 0.243 e. The van der Waals surface area contributed by atoms with E-state index < -0.39 is 0 Å². The quantitative estimate of drug-likeness (QED) is 0.618. The molecule has 1 aromatic carbocycles. The Morgan fingerprint density at radius 2 is 2.31 bits per heavy atom. The highest BCUT2D eigenvalue weighted by Gasteiger charge is 1.94. The maximum Gasteiger partial charge on any atom is 0.243 e. The highest BCUT2D eigenvalue weighted by Crippen LogP contribution is 2.11. The summed E-state index contributed by atoms with van der Waals surface area (Å²) in [4.78, 5) is 11.3. The molecule has 86 valence electrons. The Hall–Kier alpha value is -1.28. The van der Waals surface area contributed by atoms with Gasteiger partial charge in [-0.1, -0.05) is 37.1 Å². The van der Waals surface area contributed by atoms with Crippen molar-refractivity contribution in [2.45, 2.75) is 19.8 Å². The van der Waals surface area contributed by atoms with Gasteiger partial charge in [0.1, 0.15) is 0 Å². The first-order valence-corrected chi connectivity index (χ1v) is 5.81. The fraction of sp³-hybridized carbons (Fsp3) is 0.308. The van der Waals surface area contributed by atoms with Gasteiger partial charge in [0.05, 0.1) is 0 Å². The van der Waals surface area contributed by atoms with E-state index >= 15 is 0 Å². The number of benzene rings is 1. The maximum absolute atomic E-state index is 11.3. The predicted molar refractivity (Wildman–Crippen MR) is 68.4 cm³/mol. The molecule has 0 aliphatic carbocycles. The van der Waals surface area contributed by atoms with E-state index in [-0.39, 0.29) is 5.91 Å². The molecular weight excluding hydrogens is 222 g/mol. The zero-order valence-electron chi connectivity index (χ0n) is 9.37. The van der Waals surface area contributed by atoms with Crippen molar-refractivity contribution in [3.05, 3.63) is 40.9 Å². The number of nitrogens with one attached hydrogen (secondary N) is 1. The zero-order chi connectivity index (χ0) is 11.8. The van der Waals surface area contributed by atoms with Crippen LogP contribution < -0.4 is 5.32 Å². The third kappa shape index (κ3) is 4.99. The lowest BCUT2D eigenvalue weighted by molar-refractivity contribution is -0.116. The summed E-state index contributed by atoms with van der Waals surface area (Å²) in [5, 5.41) is 3.48. The van der Waals surface area contributed by atoms with Crippen molar-refractivity contribution in [2.24, 2.45) is 0 Å². The summed E-state index contributed by atoms with van der Waals surface area (Å²) in [6, 6.07) is 7.39. The first-order chi connectivity index (χ1) is 7.72. The first kappa shape index (κ1) is 12.8. The Bertz CT molecular complexity index is 374. The van der Waals surface area contributed by atoms with Gasteiger partial charge in [-0.05, 0) is 30.2 Å². The number of halogens is 1. The van der Waals surface area contributed by atoms with Crippen LogP contribution in [0.3, 0.4) is 0 Å². The largest absolute Gasteiger partial charge is 0.353 e. The molecule has 1 N–H and O–H groups in total. The van der Waals surface area contributed by atoms with E-state index in [0.717, 1.165) is 24.9 Å². The predicted octanol–water partition coefficient (Wildman–Crippen LogP) is 3.27. The number of rotatable bonds is 5. The van der Waals surface area contributed by atoms with Gasteiger partial charge in [-0.3, -0.25) is 4.79 Å². The van der Waals surface area contributed by atoms with E-state index in [4.69, 9.17) is 11.6 Å². The summed E-state index contributed by atoms with van der Waals surface area (Å²) < 4.78 is 0. The molecular formula is C13H16ClNO. The van der Waals surface area contributed by atoms with E-state index in [0.29, 0.717) is 5.02 Å². The van der Waals surface area contributed by atoms with Crippen LogP contribution in [0.2, 0.25) is 5.02 Å². The van der Waals surface area contributed by atoms with E-state index in [9.17, 15) is 4.79 Å². The number of hydrogen-bond donors (Lipinski definition) is 1. The lowest BCUT2D eigenvalue weighted by Gasteiger charge is -1.99. The summed E-state index contributed by atoms with van der Waals surface area (Å²) in [6.45, 7) is 2.82. The number of hydrogen-bond acceptors (Lipinski definition) is 1. The third-order valence-electron chi connectivity index (χ3n) is 2.11. The SMILES string of the molecule is CCCCNC(=O)C=Cc1cccc(Cl)c1. The molecule has 0 aromatic heterocycles. The molecule has 0 saturated heterocycles. The highest BCUT2D eigenvalue weighted by molar-refractivity contribution is 6.30. The second-order valence-corrected chi connectivity index (χ2v) is 3.97. The minimum Gasteiger partial charge on any atom is -0.353 e. The Morgan fingerprint density at radius 1 is 1.50 bits per heavy atom. The van der Waals surface area contributed by atoms with Crippen molar-refractivity contribution < 1.29 is 4.79 Å². The van der Waals surface area contributed by atoms with E-state index in [1.165, 1.54) is 6.08 Å². The van der Waals surface area contributed by atoms with Gasteiger partial charge in [0.2, 0.25) is 5.91 Å². The van der Waals surface area contributed by atoms with Crippen LogP contribution in [0.5, 0.6) is 0 Å². The molecule has 0 spiro atoms. The highest BCUT2D eigenvalue weighted by atomic mass is 35.5. The second-order valence-electron chi connectivity index (χ2n) is 3.53. The van der Waals surface area contributed by atoms with Gasteiger partial charge in [-0.25, -0.2) is 0 Å². The molecule has 0 heterocycles. The van der Waals surface area contributed by atoms with Crippen molar-refractivity contribution >= 4 is 23.6 Å². The molecule has 0 saturated carbocycles. The molecule has 0 aliphatic heterocycles. The lowest BCUT2D eigenvalue weighted by atomic mass is 10.2. The number of carbonyl (C=O) groups is 1. The zero-order valence-corrected chi connectivity index (χ0v) is 10.1. The van der Waals surface area contributed by atoms with Crippen molar-refractivity contribution in [2.75, 3.05) is 6.54 Å². The van der Waals surface area contributed by atoms with Crippen molar-refractivity contribution in [1.82, 2.24) is 5.32 Å². The van der Waals surface area contributed by atoms with E-state index in [1.807, 2.05) is 18.2 Å². The summed E-state index contributed by atoms with van der Waals surface area (Å²) in [6.07, 6.45) is 5.38. The van der Waals surface area contributed by atoms with Crippen LogP contribution in [-0.4, -0.2) is 12.5 Å². The Labute approximate surface area is 101 Å². The van der Waals surface area contributed by atoms with E-state index in [2.05, 4.69) is 12.2 Å². The van der Waals surface area contributed by atoms with Gasteiger partial charge in [-0.2, -0.15) is 0 Å². The molecule has 1 amide bonds. The molecule has 0 fully saturated rings. The molecule has 2 nitrogen and oxygen atoms in total. The summed E-state index contributed by atoms with van der Waals surface area (Å²) >= 11 is 5.83. The normalized spacial score (nSPS) is 10.6. The van der Waals surface area contributed by atoms with Crippen LogP contribution >= 0.6 is 11.6 Å². The van der Waals surface area contributed by atoms with Crippen LogP contribution in [0.4, 0.5) is 0 Å². The molecule has 1 rings (SSSR count). The third-order valence-corrected chi connectivity index (χ3v) is 2.34. The van der Waals surface area contributed by atoms with Gasteiger partial charge in [0.15, 0.2) is 0 Å². The van der Waals surface area contributed by atoms with Crippen molar-refractivity contribution in [3.63, 3.8) is 0 Å². The van der Waals surface area contributed by atoms with Gasteiger partial charge < -0.3 is 5.32 Å². The fourth-order valence-corrected chi connectivity index (χ4v) is 1.43. The average Bonchev–Trinajstić information content (AvgIpc) is 2.27. The van der Waals surface area contributed by atoms with Gasteiger partial charge in [0.25, 0.3) is 0 Å². The van der Waals surface area contributed by atoms with Gasteiger partial charge >= 0.3 is 0 Å². The van der Waals surface area contributed by atoms with Crippen molar-refractivity contribution in [1.29, 1.82) is 0 Å². The first-order valence-electron chi connectivity index (χ1n) is 5.44. The van der Waals surface area contributed by atoms with Crippen LogP contribution in [-0.2, 0) is 4.79 Å². The lowest BCUT2D eigenvalue weighted by Crippen LogP contribution is -2.21. The topological polar surface area (TPSA) is 29.1 Å². The Kier molecular flexibility index (Phi) is 5.65. The number of carbonyl (C=O) groups excluding carboxylic acids is 1. The monoisotopic (exact) mass is 237 g/mol. The molecule has 16 heavy (non-hydrogen) atoms. The molecule has 1 aromatic rings. The summed E-state index contributed by atoms with van der Waals surface area (Å²) in [5.74, 6) is -0.0616. The van der Waals surface area contributed by atoms with Gasteiger partial charge in [0, 0.05) is 17.6 Å². The second kappa shape index (κ2) is 7.07. The van der Waals surface area contributed by atoms with E-state index in [1.54, 1.807) is 12.1 Å². The van der Waals surface area contributed by atoms with Crippen LogP contribution in [0.1, 0.15) is 25.3 Å².